The molecule has 0 fully saturated rings. The van der Waals surface area contributed by atoms with Crippen LogP contribution in [-0.2, 0) is 13.0 Å². The Labute approximate surface area is 170 Å². The molecule has 0 saturated heterocycles. The Bertz CT molecular complexity index is 1210. The van der Waals surface area contributed by atoms with Gasteiger partial charge in [0, 0.05) is 31.4 Å². The molecule has 1 aliphatic rings. The first-order valence-corrected chi connectivity index (χ1v) is 9.64. The third-order valence-electron chi connectivity index (χ3n) is 5.23. The number of hydrogen-bond donors (Lipinski definition) is 3. The maximum absolute atomic E-state index is 12.9. The monoisotopic (exact) mass is 406 g/mol. The lowest BCUT2D eigenvalue weighted by Crippen LogP contribution is -2.32. The largest absolute Gasteiger partial charge is 0.339 e. The number of amides is 1. The molecular weight excluding hydrogens is 387 g/mol. The molecule has 0 bridgehead atoms. The van der Waals surface area contributed by atoms with Crippen molar-refractivity contribution in [2.75, 3.05) is 25.1 Å². The normalized spacial score (nSPS) is 14.0. The van der Waals surface area contributed by atoms with Crippen LogP contribution in [0.4, 0.5) is 10.1 Å². The molecule has 1 aliphatic heterocycles. The highest BCUT2D eigenvalue weighted by Crippen LogP contribution is 2.27. The minimum absolute atomic E-state index is 0.311. The summed E-state index contributed by atoms with van der Waals surface area (Å²) >= 11 is 0. The van der Waals surface area contributed by atoms with E-state index in [1.807, 2.05) is 29.2 Å². The minimum Gasteiger partial charge on any atom is -0.339 e. The predicted molar refractivity (Wildman–Crippen MR) is 109 cm³/mol. The minimum atomic E-state index is -0.369. The Balaban J connectivity index is 1.41. The van der Waals surface area contributed by atoms with Crippen molar-refractivity contribution < 1.29 is 9.18 Å². The third kappa shape index (κ3) is 3.30. The van der Waals surface area contributed by atoms with Crippen molar-refractivity contribution in [3.8, 4) is 11.5 Å². The van der Waals surface area contributed by atoms with E-state index in [9.17, 15) is 9.18 Å². The molecule has 9 nitrogen and oxygen atoms in total. The first-order valence-electron chi connectivity index (χ1n) is 9.64. The van der Waals surface area contributed by atoms with E-state index in [2.05, 4.69) is 35.7 Å². The molecule has 0 radical (unpaired) electrons. The first-order chi connectivity index (χ1) is 14.7. The number of carbonyl (C=O) groups is 1. The molecule has 0 atom stereocenters. The standard InChI is InChI=1S/C20H19FN8O/c21-6-8-29-7-5-15-17(11-29)25-19(24-15)18-16(10-23-28-18)26-20(30)13-9-22-27-14-4-2-1-3-12(13)14/h1-4,9-10H,5-8,11H2,(H,23,28)(H,24,25)(H,26,30). The summed E-state index contributed by atoms with van der Waals surface area (Å²) in [7, 11) is 0. The van der Waals surface area contributed by atoms with Gasteiger partial charge in [-0.15, -0.1) is 0 Å². The van der Waals surface area contributed by atoms with E-state index in [1.165, 1.54) is 6.20 Å². The average molecular weight is 406 g/mol. The zero-order valence-corrected chi connectivity index (χ0v) is 16.0. The Morgan fingerprint density at radius 2 is 2.17 bits per heavy atom. The van der Waals surface area contributed by atoms with Gasteiger partial charge < -0.3 is 10.3 Å². The topological polar surface area (TPSA) is 115 Å². The second kappa shape index (κ2) is 7.64. The van der Waals surface area contributed by atoms with E-state index in [0.29, 0.717) is 41.4 Å². The summed E-state index contributed by atoms with van der Waals surface area (Å²) in [6.07, 6.45) is 3.74. The summed E-state index contributed by atoms with van der Waals surface area (Å²) in [5, 5.41) is 18.6. The van der Waals surface area contributed by atoms with Crippen molar-refractivity contribution in [2.45, 2.75) is 13.0 Å². The van der Waals surface area contributed by atoms with Gasteiger partial charge in [0.2, 0.25) is 0 Å². The van der Waals surface area contributed by atoms with Crippen LogP contribution in [0.2, 0.25) is 0 Å². The molecule has 3 aromatic heterocycles. The lowest BCUT2D eigenvalue weighted by Gasteiger charge is -2.24. The van der Waals surface area contributed by atoms with Gasteiger partial charge in [0.05, 0.1) is 40.5 Å². The maximum atomic E-state index is 12.9. The van der Waals surface area contributed by atoms with Crippen LogP contribution in [0.5, 0.6) is 0 Å². The highest BCUT2D eigenvalue weighted by molar-refractivity contribution is 6.12. The van der Waals surface area contributed by atoms with Gasteiger partial charge in [-0.2, -0.15) is 15.3 Å². The molecule has 0 spiro atoms. The Morgan fingerprint density at radius 1 is 1.27 bits per heavy atom. The second-order valence-corrected chi connectivity index (χ2v) is 7.11. The van der Waals surface area contributed by atoms with Crippen LogP contribution in [0, 0.1) is 0 Å². The van der Waals surface area contributed by atoms with Crippen molar-refractivity contribution in [1.29, 1.82) is 0 Å². The molecule has 1 amide bonds. The lowest BCUT2D eigenvalue weighted by atomic mass is 10.1. The van der Waals surface area contributed by atoms with E-state index in [-0.39, 0.29) is 12.6 Å². The summed E-state index contributed by atoms with van der Waals surface area (Å²) in [6, 6.07) is 7.34. The summed E-state index contributed by atoms with van der Waals surface area (Å²) in [5.74, 6) is 0.279. The van der Waals surface area contributed by atoms with E-state index < -0.39 is 0 Å². The van der Waals surface area contributed by atoms with Gasteiger partial charge in [-0.25, -0.2) is 9.37 Å². The molecule has 10 heteroatoms. The van der Waals surface area contributed by atoms with Crippen LogP contribution in [0.1, 0.15) is 21.7 Å². The van der Waals surface area contributed by atoms with Crippen molar-refractivity contribution in [3.63, 3.8) is 0 Å². The van der Waals surface area contributed by atoms with Gasteiger partial charge in [0.15, 0.2) is 5.82 Å². The molecular formula is C20H19FN8O. The summed E-state index contributed by atoms with van der Waals surface area (Å²) in [4.78, 5) is 22.9. The number of halogens is 1. The second-order valence-electron chi connectivity index (χ2n) is 7.11. The number of anilines is 1. The van der Waals surface area contributed by atoms with Gasteiger partial charge in [0.25, 0.3) is 5.91 Å². The van der Waals surface area contributed by atoms with Crippen LogP contribution in [-0.4, -0.2) is 60.9 Å². The molecule has 152 valence electrons. The van der Waals surface area contributed by atoms with Crippen molar-refractivity contribution in [3.05, 3.63) is 53.6 Å². The van der Waals surface area contributed by atoms with E-state index in [0.717, 1.165) is 29.7 Å². The molecule has 0 saturated carbocycles. The Kier molecular flexibility index (Phi) is 4.68. The maximum Gasteiger partial charge on any atom is 0.258 e. The Hall–Kier alpha value is -3.66. The fourth-order valence-electron chi connectivity index (χ4n) is 3.72. The van der Waals surface area contributed by atoms with Crippen LogP contribution in [0.25, 0.3) is 22.4 Å². The van der Waals surface area contributed by atoms with Crippen molar-refractivity contribution in [2.24, 2.45) is 0 Å². The number of H-pyrrole nitrogens is 2. The highest BCUT2D eigenvalue weighted by atomic mass is 19.1. The van der Waals surface area contributed by atoms with Crippen LogP contribution in [0.3, 0.4) is 0 Å². The zero-order valence-electron chi connectivity index (χ0n) is 16.0. The number of rotatable bonds is 5. The molecule has 30 heavy (non-hydrogen) atoms. The zero-order chi connectivity index (χ0) is 20.5. The molecule has 1 aromatic carbocycles. The molecule has 3 N–H and O–H groups in total. The number of fused-ring (bicyclic) bond motifs is 2. The van der Waals surface area contributed by atoms with Gasteiger partial charge in [-0.05, 0) is 6.07 Å². The van der Waals surface area contributed by atoms with Gasteiger partial charge in [0.1, 0.15) is 12.4 Å². The number of hydrogen-bond acceptors (Lipinski definition) is 6. The summed E-state index contributed by atoms with van der Waals surface area (Å²) in [6.45, 7) is 1.44. The fourth-order valence-corrected chi connectivity index (χ4v) is 3.72. The fraction of sp³-hybridized carbons (Fsp3) is 0.250. The number of carbonyl (C=O) groups excluding carboxylic acids is 1. The van der Waals surface area contributed by atoms with Gasteiger partial charge in [-0.3, -0.25) is 14.8 Å². The summed E-state index contributed by atoms with van der Waals surface area (Å²) < 4.78 is 12.7. The summed E-state index contributed by atoms with van der Waals surface area (Å²) in [5.41, 5.74) is 4.08. The first kappa shape index (κ1) is 18.4. The number of benzene rings is 1. The number of nitrogens with one attached hydrogen (secondary N) is 3. The lowest BCUT2D eigenvalue weighted by molar-refractivity contribution is 0.102. The molecule has 4 aromatic rings. The third-order valence-corrected chi connectivity index (χ3v) is 5.23. The number of nitrogens with zero attached hydrogens (tertiary/aromatic N) is 5. The van der Waals surface area contributed by atoms with Crippen molar-refractivity contribution >= 4 is 22.5 Å². The van der Waals surface area contributed by atoms with Gasteiger partial charge in [-0.1, -0.05) is 18.2 Å². The van der Waals surface area contributed by atoms with Crippen molar-refractivity contribution in [1.82, 2.24) is 35.3 Å². The average Bonchev–Trinajstić information content (AvgIpc) is 3.39. The SMILES string of the molecule is O=C(Nc1cn[nH]c1-c1nc2c([nH]1)CN(CCF)CC2)c1cnnc2ccccc12. The quantitative estimate of drug-likeness (QED) is 0.469. The van der Waals surface area contributed by atoms with Gasteiger partial charge >= 0.3 is 0 Å². The van der Waals surface area contributed by atoms with Crippen LogP contribution in [0.15, 0.2) is 36.7 Å². The Morgan fingerprint density at radius 3 is 3.07 bits per heavy atom. The van der Waals surface area contributed by atoms with Crippen LogP contribution >= 0.6 is 0 Å². The van der Waals surface area contributed by atoms with E-state index in [4.69, 9.17) is 0 Å². The number of aromatic amines is 2. The smallest absolute Gasteiger partial charge is 0.258 e. The predicted octanol–water partition coefficient (Wildman–Crippen LogP) is 2.32. The molecule has 4 heterocycles. The number of imidazole rings is 1. The number of alkyl halides is 1. The van der Waals surface area contributed by atoms with E-state index >= 15 is 0 Å². The molecule has 5 rings (SSSR count). The molecule has 0 unspecified atom stereocenters. The van der Waals surface area contributed by atoms with Crippen LogP contribution < -0.4 is 5.32 Å². The number of aromatic nitrogens is 6. The highest BCUT2D eigenvalue weighted by Gasteiger charge is 2.23. The molecule has 0 aliphatic carbocycles. The van der Waals surface area contributed by atoms with E-state index in [1.54, 1.807) is 6.20 Å².